The molecule has 0 atom stereocenters. The van der Waals surface area contributed by atoms with Crippen LogP contribution in [0, 0.1) is 0 Å². The molecule has 4 nitrogen and oxygen atoms in total. The maximum atomic E-state index is 7.24. The highest BCUT2D eigenvalue weighted by Crippen LogP contribution is 2.38. The van der Waals surface area contributed by atoms with E-state index in [9.17, 15) is 0 Å². The number of benzene rings is 8. The van der Waals surface area contributed by atoms with E-state index in [0.29, 0.717) is 39.0 Å². The van der Waals surface area contributed by atoms with E-state index in [1.54, 1.807) is 0 Å². The van der Waals surface area contributed by atoms with Crippen molar-refractivity contribution in [3.8, 4) is 45.3 Å². The molecule has 12 radical (unpaired) electrons. The topological polar surface area (TPSA) is 51.8 Å². The quantitative estimate of drug-likeness (QED) is 0.200. The summed E-state index contributed by atoms with van der Waals surface area (Å²) in [6.07, 6.45) is 0. The van der Waals surface area contributed by atoms with Crippen LogP contribution in [-0.2, 0) is 0 Å². The molecular formula is C45H21B6N3O. The summed E-state index contributed by atoms with van der Waals surface area (Å²) in [5, 5.41) is 7.67. The molecule has 0 bridgehead atoms. The molecular weight excluding hydrogens is 663 g/mol. The number of fused-ring (bicyclic) bond motifs is 9. The molecule has 240 valence electrons. The molecule has 0 aliphatic rings. The highest BCUT2D eigenvalue weighted by Gasteiger charge is 2.26. The minimum Gasteiger partial charge on any atom is -0.457 e. The SMILES string of the molecule is [B]c1c(-c2ccc3c4ccccc4c4ccccc4c3c2)c([B])c2c(oc3c([B])c([B])c([B])c(-c4nc(-c5ccccc5)nc(-c5ccccc5)n4)c32)c1[B]. The Morgan fingerprint density at radius 1 is 0.327 bits per heavy atom. The summed E-state index contributed by atoms with van der Waals surface area (Å²) in [5.74, 6) is 1.13. The lowest BCUT2D eigenvalue weighted by Crippen LogP contribution is -2.40. The van der Waals surface area contributed by atoms with Crippen LogP contribution in [0.1, 0.15) is 0 Å². The van der Waals surface area contributed by atoms with Crippen LogP contribution in [0.5, 0.6) is 0 Å². The van der Waals surface area contributed by atoms with Crippen molar-refractivity contribution in [1.82, 2.24) is 15.0 Å². The van der Waals surface area contributed by atoms with Crippen LogP contribution in [0.25, 0.3) is 99.5 Å². The molecule has 2 aromatic heterocycles. The third-order valence-corrected chi connectivity index (χ3v) is 10.6. The Morgan fingerprint density at radius 3 is 1.33 bits per heavy atom. The van der Waals surface area contributed by atoms with E-state index in [1.165, 1.54) is 5.39 Å². The molecule has 10 aromatic rings. The molecule has 0 spiro atoms. The lowest BCUT2D eigenvalue weighted by atomic mass is 9.67. The lowest BCUT2D eigenvalue weighted by molar-refractivity contribution is 0.675. The molecule has 55 heavy (non-hydrogen) atoms. The first-order valence-electron chi connectivity index (χ1n) is 17.7. The van der Waals surface area contributed by atoms with Gasteiger partial charge in [-0.25, -0.2) is 15.0 Å². The Balaban J connectivity index is 1.30. The Morgan fingerprint density at radius 2 is 0.764 bits per heavy atom. The van der Waals surface area contributed by atoms with Gasteiger partial charge in [-0.2, -0.15) is 0 Å². The minimum atomic E-state index is 0.114. The fourth-order valence-corrected chi connectivity index (χ4v) is 7.90. The van der Waals surface area contributed by atoms with Gasteiger partial charge in [0.05, 0.1) is 0 Å². The van der Waals surface area contributed by atoms with Crippen LogP contribution in [0.2, 0.25) is 0 Å². The van der Waals surface area contributed by atoms with Gasteiger partial charge in [0.15, 0.2) is 17.5 Å². The van der Waals surface area contributed by atoms with Gasteiger partial charge in [0.25, 0.3) is 0 Å². The zero-order valence-corrected chi connectivity index (χ0v) is 29.3. The Bertz CT molecular complexity index is 3130. The van der Waals surface area contributed by atoms with Crippen molar-refractivity contribution in [3.05, 3.63) is 127 Å². The Labute approximate surface area is 324 Å². The van der Waals surface area contributed by atoms with E-state index >= 15 is 0 Å². The predicted octanol–water partition coefficient (Wildman–Crippen LogP) is 4.66. The average Bonchev–Trinajstić information content (AvgIpc) is 3.64. The van der Waals surface area contributed by atoms with Gasteiger partial charge in [-0.15, -0.1) is 5.46 Å². The van der Waals surface area contributed by atoms with Gasteiger partial charge in [-0.3, -0.25) is 0 Å². The molecule has 0 unspecified atom stereocenters. The zero-order valence-electron chi connectivity index (χ0n) is 29.3. The van der Waals surface area contributed by atoms with Gasteiger partial charge in [0, 0.05) is 27.5 Å². The van der Waals surface area contributed by atoms with Crippen molar-refractivity contribution in [2.75, 3.05) is 0 Å². The van der Waals surface area contributed by atoms with Crippen molar-refractivity contribution >= 4 is 134 Å². The maximum absolute atomic E-state index is 7.24. The molecule has 0 amide bonds. The van der Waals surface area contributed by atoms with Crippen LogP contribution in [0.15, 0.2) is 132 Å². The van der Waals surface area contributed by atoms with Crippen LogP contribution in [0.4, 0.5) is 0 Å². The third-order valence-electron chi connectivity index (χ3n) is 10.6. The van der Waals surface area contributed by atoms with Crippen molar-refractivity contribution in [2.45, 2.75) is 0 Å². The van der Waals surface area contributed by atoms with E-state index in [2.05, 4.69) is 54.6 Å². The maximum Gasteiger partial charge on any atom is 0.164 e. The molecule has 0 aliphatic carbocycles. The summed E-state index contributed by atoms with van der Waals surface area (Å²) in [5.41, 5.74) is 5.00. The van der Waals surface area contributed by atoms with Gasteiger partial charge < -0.3 is 4.42 Å². The first kappa shape index (κ1) is 33.3. The number of rotatable bonds is 4. The Kier molecular flexibility index (Phi) is 7.67. The van der Waals surface area contributed by atoms with Gasteiger partial charge in [-0.1, -0.05) is 149 Å². The normalized spacial score (nSPS) is 11.7. The average molecular weight is 685 g/mol. The fraction of sp³-hybridized carbons (Fsp3) is 0. The molecule has 0 saturated carbocycles. The van der Waals surface area contributed by atoms with E-state index in [1.807, 2.05) is 72.8 Å². The first-order chi connectivity index (χ1) is 26.8. The number of aromatic nitrogens is 3. The fourth-order valence-electron chi connectivity index (χ4n) is 7.90. The molecule has 8 aromatic carbocycles. The van der Waals surface area contributed by atoms with Crippen molar-refractivity contribution in [3.63, 3.8) is 0 Å². The molecule has 0 N–H and O–H groups in total. The summed E-state index contributed by atoms with van der Waals surface area (Å²) in [6, 6.07) is 42.3. The van der Waals surface area contributed by atoms with Crippen LogP contribution in [0.3, 0.4) is 0 Å². The number of nitrogens with zero attached hydrogens (tertiary/aromatic N) is 3. The van der Waals surface area contributed by atoms with E-state index in [4.69, 9.17) is 66.4 Å². The van der Waals surface area contributed by atoms with Crippen LogP contribution in [-0.4, -0.2) is 62.0 Å². The number of hydrogen-bond donors (Lipinski definition) is 0. The van der Waals surface area contributed by atoms with Crippen molar-refractivity contribution < 1.29 is 4.42 Å². The number of hydrogen-bond acceptors (Lipinski definition) is 4. The second-order valence-electron chi connectivity index (χ2n) is 13.6. The second-order valence-corrected chi connectivity index (χ2v) is 13.6. The Hall–Kier alpha value is -6.26. The van der Waals surface area contributed by atoms with Gasteiger partial charge in [0.1, 0.15) is 58.2 Å². The highest BCUT2D eigenvalue weighted by molar-refractivity contribution is 6.65. The van der Waals surface area contributed by atoms with Gasteiger partial charge in [0.2, 0.25) is 0 Å². The number of furan rings is 1. The standard InChI is InChI=1S/C45H21B6N3O/c46-35-31(24-19-20-29-27-17-8-7-15-25(27)26-16-9-10-18-28(26)30(29)21-24)36(47)39(50)42-33(35)32-34(37(48)38(49)40(51)41(32)55-42)45-53-43(22-11-3-1-4-12-22)52-44(54-45)23-13-5-2-6-14-23/h1-21H. The molecule has 10 rings (SSSR count). The molecule has 2 heterocycles. The molecule has 0 fully saturated rings. The largest absolute Gasteiger partial charge is 0.457 e. The van der Waals surface area contributed by atoms with Crippen LogP contribution >= 0.6 is 0 Å². The summed E-state index contributed by atoms with van der Waals surface area (Å²) < 4.78 is 6.45. The van der Waals surface area contributed by atoms with E-state index in [-0.39, 0.29) is 44.3 Å². The summed E-state index contributed by atoms with van der Waals surface area (Å²) in [7, 11) is 41.1. The first-order valence-corrected chi connectivity index (χ1v) is 17.7. The molecule has 10 heteroatoms. The second kappa shape index (κ2) is 12.7. The third kappa shape index (κ3) is 5.04. The van der Waals surface area contributed by atoms with Gasteiger partial charge >= 0.3 is 0 Å². The van der Waals surface area contributed by atoms with Crippen molar-refractivity contribution in [2.24, 2.45) is 0 Å². The lowest BCUT2D eigenvalue weighted by Gasteiger charge is -2.19. The predicted molar refractivity (Wildman–Crippen MR) is 234 cm³/mol. The zero-order chi connectivity index (χ0) is 37.5. The van der Waals surface area contributed by atoms with Gasteiger partial charge in [-0.05, 0) is 49.5 Å². The van der Waals surface area contributed by atoms with E-state index < -0.39 is 0 Å². The monoisotopic (exact) mass is 685 g/mol. The summed E-state index contributed by atoms with van der Waals surface area (Å²) in [4.78, 5) is 14.8. The smallest absolute Gasteiger partial charge is 0.164 e. The molecule has 0 saturated heterocycles. The highest BCUT2D eigenvalue weighted by atomic mass is 16.3. The van der Waals surface area contributed by atoms with E-state index in [0.717, 1.165) is 43.6 Å². The molecule has 0 aliphatic heterocycles. The van der Waals surface area contributed by atoms with Crippen LogP contribution < -0.4 is 32.8 Å². The summed E-state index contributed by atoms with van der Waals surface area (Å²) in [6.45, 7) is 0. The summed E-state index contributed by atoms with van der Waals surface area (Å²) >= 11 is 0. The minimum absolute atomic E-state index is 0.114. The van der Waals surface area contributed by atoms with Crippen molar-refractivity contribution in [1.29, 1.82) is 0 Å².